The molecule has 0 bridgehead atoms. The molecular formula is C17H17BrF5N3O. The standard InChI is InChI=1S/C17H17BrF5N3O/c1-15(19,20)8-12(25)14(27)26(16(9-24)6-7-16)13(17(21,22)23)10-2-4-11(18)5-3-10/h2-5,12-13H,6-8,25H2,1H3/t12-,13-/m0/s1. The van der Waals surface area contributed by atoms with Crippen LogP contribution in [0.5, 0.6) is 0 Å². The number of alkyl halides is 5. The summed E-state index contributed by atoms with van der Waals surface area (Å²) in [5.41, 5.74) is 3.53. The van der Waals surface area contributed by atoms with Gasteiger partial charge in [-0.05, 0) is 37.5 Å². The van der Waals surface area contributed by atoms with Gasteiger partial charge in [0.25, 0.3) is 0 Å². The van der Waals surface area contributed by atoms with E-state index in [4.69, 9.17) is 5.73 Å². The summed E-state index contributed by atoms with van der Waals surface area (Å²) in [4.78, 5) is 13.1. The summed E-state index contributed by atoms with van der Waals surface area (Å²) in [5.74, 6) is -4.66. The summed E-state index contributed by atoms with van der Waals surface area (Å²) in [5, 5.41) is 9.39. The van der Waals surface area contributed by atoms with Crippen molar-refractivity contribution in [1.29, 1.82) is 5.26 Å². The molecule has 0 aliphatic heterocycles. The van der Waals surface area contributed by atoms with E-state index in [0.717, 1.165) is 12.1 Å². The molecule has 1 fully saturated rings. The summed E-state index contributed by atoms with van der Waals surface area (Å²) >= 11 is 3.12. The van der Waals surface area contributed by atoms with Crippen molar-refractivity contribution < 1.29 is 26.7 Å². The molecule has 4 nitrogen and oxygen atoms in total. The maximum Gasteiger partial charge on any atom is 0.413 e. The Morgan fingerprint density at radius 2 is 1.81 bits per heavy atom. The Bertz CT molecular complexity index is 735. The molecule has 1 aromatic carbocycles. The van der Waals surface area contributed by atoms with Crippen molar-refractivity contribution in [2.45, 2.75) is 55.9 Å². The van der Waals surface area contributed by atoms with Crippen LogP contribution in [0.25, 0.3) is 0 Å². The molecule has 0 heterocycles. The van der Waals surface area contributed by atoms with Crippen molar-refractivity contribution >= 4 is 21.8 Å². The third kappa shape index (κ3) is 4.96. The lowest BCUT2D eigenvalue weighted by Gasteiger charge is -2.38. The van der Waals surface area contributed by atoms with Gasteiger partial charge in [0.2, 0.25) is 11.8 Å². The van der Waals surface area contributed by atoms with Crippen LogP contribution in [0.3, 0.4) is 0 Å². The second-order valence-electron chi connectivity index (χ2n) is 6.73. The zero-order valence-corrected chi connectivity index (χ0v) is 15.8. The van der Waals surface area contributed by atoms with Gasteiger partial charge < -0.3 is 10.6 Å². The normalized spacial score (nSPS) is 18.3. The van der Waals surface area contributed by atoms with Gasteiger partial charge in [-0.25, -0.2) is 8.78 Å². The fourth-order valence-corrected chi connectivity index (χ4v) is 3.16. The van der Waals surface area contributed by atoms with Crippen LogP contribution in [0.1, 0.15) is 37.8 Å². The number of carbonyl (C=O) groups is 1. The SMILES string of the molecule is CC(F)(F)C[C@H](N)C(=O)N([C@@H](c1ccc(Br)cc1)C(F)(F)F)C1(C#N)CC1. The molecule has 0 unspecified atom stereocenters. The lowest BCUT2D eigenvalue weighted by molar-refractivity contribution is -0.198. The van der Waals surface area contributed by atoms with Crippen molar-refractivity contribution in [3.63, 3.8) is 0 Å². The second kappa shape index (κ2) is 7.36. The number of rotatable bonds is 6. The Hall–Kier alpha value is -1.73. The van der Waals surface area contributed by atoms with Crippen LogP contribution in [0.4, 0.5) is 22.0 Å². The lowest BCUT2D eigenvalue weighted by Crippen LogP contribution is -2.55. The van der Waals surface area contributed by atoms with E-state index in [9.17, 15) is 32.0 Å². The first-order chi connectivity index (χ1) is 12.3. The third-order valence-electron chi connectivity index (χ3n) is 4.28. The molecule has 27 heavy (non-hydrogen) atoms. The second-order valence-corrected chi connectivity index (χ2v) is 7.64. The highest BCUT2D eigenvalue weighted by Crippen LogP contribution is 2.50. The molecule has 1 amide bonds. The average Bonchev–Trinajstić information content (AvgIpc) is 3.31. The monoisotopic (exact) mass is 453 g/mol. The molecule has 1 aromatic rings. The van der Waals surface area contributed by atoms with Gasteiger partial charge in [-0.2, -0.15) is 18.4 Å². The van der Waals surface area contributed by atoms with E-state index < -0.39 is 42.0 Å². The molecule has 2 rings (SSSR count). The number of hydrogen-bond acceptors (Lipinski definition) is 3. The van der Waals surface area contributed by atoms with Crippen LogP contribution in [0, 0.1) is 11.3 Å². The molecule has 148 valence electrons. The van der Waals surface area contributed by atoms with Gasteiger partial charge >= 0.3 is 6.18 Å². The van der Waals surface area contributed by atoms with E-state index in [1.165, 1.54) is 12.1 Å². The zero-order chi connectivity index (χ0) is 20.6. The summed E-state index contributed by atoms with van der Waals surface area (Å²) in [6.07, 6.45) is -6.00. The van der Waals surface area contributed by atoms with Crippen LogP contribution in [0.15, 0.2) is 28.7 Å². The molecule has 1 aliphatic carbocycles. The smallest absolute Gasteiger partial charge is 0.320 e. The highest BCUT2D eigenvalue weighted by atomic mass is 79.9. The maximum atomic E-state index is 13.9. The van der Waals surface area contributed by atoms with Crippen molar-refractivity contribution in [2.75, 3.05) is 0 Å². The Morgan fingerprint density at radius 3 is 2.19 bits per heavy atom. The van der Waals surface area contributed by atoms with E-state index in [2.05, 4.69) is 15.9 Å². The van der Waals surface area contributed by atoms with Crippen molar-refractivity contribution in [3.05, 3.63) is 34.3 Å². The molecular weight excluding hydrogens is 437 g/mol. The number of benzene rings is 1. The van der Waals surface area contributed by atoms with E-state index >= 15 is 0 Å². The summed E-state index contributed by atoms with van der Waals surface area (Å²) in [6, 6.07) is 2.46. The minimum Gasteiger partial charge on any atom is -0.320 e. The van der Waals surface area contributed by atoms with Crippen LogP contribution >= 0.6 is 15.9 Å². The summed E-state index contributed by atoms with van der Waals surface area (Å²) < 4.78 is 68.7. The number of nitrogens with two attached hydrogens (primary N) is 1. The number of hydrogen-bond donors (Lipinski definition) is 1. The Balaban J connectivity index is 2.52. The number of carbonyl (C=O) groups excluding carboxylic acids is 1. The Labute approximate surface area is 161 Å². The first kappa shape index (κ1) is 21.6. The minimum atomic E-state index is -4.93. The number of amides is 1. The molecule has 1 saturated carbocycles. The summed E-state index contributed by atoms with van der Waals surface area (Å²) in [6.45, 7) is 0.525. The van der Waals surface area contributed by atoms with E-state index in [1.54, 1.807) is 6.07 Å². The topological polar surface area (TPSA) is 70.1 Å². The lowest BCUT2D eigenvalue weighted by atomic mass is 9.99. The van der Waals surface area contributed by atoms with Crippen LogP contribution in [-0.2, 0) is 4.79 Å². The van der Waals surface area contributed by atoms with Gasteiger partial charge in [-0.1, -0.05) is 28.1 Å². The van der Waals surface area contributed by atoms with Crippen LogP contribution < -0.4 is 5.73 Å². The molecule has 0 aromatic heterocycles. The number of halogens is 6. The van der Waals surface area contributed by atoms with Gasteiger partial charge in [0.1, 0.15) is 5.54 Å². The van der Waals surface area contributed by atoms with Gasteiger partial charge in [-0.3, -0.25) is 4.79 Å². The van der Waals surface area contributed by atoms with Gasteiger partial charge in [0.05, 0.1) is 12.1 Å². The molecule has 1 aliphatic rings. The van der Waals surface area contributed by atoms with Gasteiger partial charge in [-0.15, -0.1) is 0 Å². The quantitative estimate of drug-likeness (QED) is 0.652. The average molecular weight is 454 g/mol. The predicted octanol–water partition coefficient (Wildman–Crippen LogP) is 4.31. The predicted molar refractivity (Wildman–Crippen MR) is 90.6 cm³/mol. The maximum absolute atomic E-state index is 13.9. The van der Waals surface area contributed by atoms with E-state index in [-0.39, 0.29) is 18.4 Å². The van der Waals surface area contributed by atoms with Gasteiger partial charge in [0, 0.05) is 10.9 Å². The fourth-order valence-electron chi connectivity index (χ4n) is 2.89. The van der Waals surface area contributed by atoms with Crippen LogP contribution in [0.2, 0.25) is 0 Å². The van der Waals surface area contributed by atoms with Gasteiger partial charge in [0.15, 0.2) is 6.04 Å². The molecule has 2 N–H and O–H groups in total. The van der Waals surface area contributed by atoms with E-state index in [1.807, 2.05) is 0 Å². The fraction of sp³-hybridized carbons (Fsp3) is 0.529. The molecule has 10 heteroatoms. The Morgan fingerprint density at radius 1 is 1.30 bits per heavy atom. The highest BCUT2D eigenvalue weighted by molar-refractivity contribution is 9.10. The highest BCUT2D eigenvalue weighted by Gasteiger charge is 2.60. The first-order valence-corrected chi connectivity index (χ1v) is 8.80. The largest absolute Gasteiger partial charge is 0.413 e. The zero-order valence-electron chi connectivity index (χ0n) is 14.2. The number of nitrogens with zero attached hydrogens (tertiary/aromatic N) is 2. The first-order valence-electron chi connectivity index (χ1n) is 8.01. The molecule has 0 radical (unpaired) electrons. The third-order valence-corrected chi connectivity index (χ3v) is 4.81. The Kier molecular flexibility index (Phi) is 5.88. The summed E-state index contributed by atoms with van der Waals surface area (Å²) in [7, 11) is 0. The minimum absolute atomic E-state index is 0.0214. The molecule has 0 spiro atoms. The van der Waals surface area contributed by atoms with Crippen LogP contribution in [-0.4, -0.2) is 34.5 Å². The van der Waals surface area contributed by atoms with Crippen molar-refractivity contribution in [1.82, 2.24) is 4.90 Å². The number of nitriles is 1. The van der Waals surface area contributed by atoms with Crippen molar-refractivity contribution in [3.8, 4) is 6.07 Å². The molecule has 0 saturated heterocycles. The van der Waals surface area contributed by atoms with E-state index in [0.29, 0.717) is 16.3 Å². The molecule has 2 atom stereocenters. The van der Waals surface area contributed by atoms with Crippen molar-refractivity contribution in [2.24, 2.45) is 5.73 Å².